The molecule has 2 aromatic rings. The number of benzene rings is 1. The lowest BCUT2D eigenvalue weighted by atomic mass is 10.1. The van der Waals surface area contributed by atoms with E-state index in [0.717, 1.165) is 6.07 Å². The Balaban J connectivity index is 2.17. The zero-order valence-electron chi connectivity index (χ0n) is 10.5. The first kappa shape index (κ1) is 13.8. The molecule has 0 unspecified atom stereocenters. The first-order valence-corrected chi connectivity index (χ1v) is 5.86. The summed E-state index contributed by atoms with van der Waals surface area (Å²) in [5.41, 5.74) is 6.45. The van der Waals surface area contributed by atoms with Crippen LogP contribution >= 0.6 is 0 Å². The number of halogens is 1. The van der Waals surface area contributed by atoms with Gasteiger partial charge in [0.25, 0.3) is 5.91 Å². The van der Waals surface area contributed by atoms with Crippen LogP contribution in [0.1, 0.15) is 21.6 Å². The van der Waals surface area contributed by atoms with E-state index in [1.807, 2.05) is 0 Å². The number of amides is 1. The highest BCUT2D eigenvalue weighted by Gasteiger charge is 2.12. The summed E-state index contributed by atoms with van der Waals surface area (Å²) >= 11 is 0. The molecule has 0 aliphatic heterocycles. The first-order chi connectivity index (χ1) is 9.70. The molecule has 3 N–H and O–H groups in total. The predicted octanol–water partition coefficient (Wildman–Crippen LogP) is 1.05. The maximum atomic E-state index is 13.3. The van der Waals surface area contributed by atoms with Gasteiger partial charge in [0.2, 0.25) is 0 Å². The summed E-state index contributed by atoms with van der Waals surface area (Å²) in [7, 11) is 0. The average Bonchev–Trinajstić information content (AvgIpc) is 2.96. The molecular formula is C14H12FN3O2. The summed E-state index contributed by atoms with van der Waals surface area (Å²) in [6.07, 6.45) is 1.40. The summed E-state index contributed by atoms with van der Waals surface area (Å²) in [4.78, 5) is 12.0. The van der Waals surface area contributed by atoms with Crippen LogP contribution in [0.4, 0.5) is 4.39 Å². The van der Waals surface area contributed by atoms with Crippen molar-refractivity contribution in [2.24, 2.45) is 5.73 Å². The molecule has 0 radical (unpaired) electrons. The van der Waals surface area contributed by atoms with Crippen LogP contribution in [-0.4, -0.2) is 17.6 Å². The van der Waals surface area contributed by atoms with E-state index >= 15 is 0 Å². The largest absolute Gasteiger partial charge is 0.364 e. The van der Waals surface area contributed by atoms with Crippen molar-refractivity contribution in [1.29, 1.82) is 0 Å². The van der Waals surface area contributed by atoms with Crippen LogP contribution in [-0.2, 0) is 6.54 Å². The van der Waals surface area contributed by atoms with Gasteiger partial charge in [-0.25, -0.2) is 4.39 Å². The van der Waals surface area contributed by atoms with Gasteiger partial charge in [-0.2, -0.15) is 0 Å². The van der Waals surface area contributed by atoms with Crippen LogP contribution in [0.15, 0.2) is 35.1 Å². The quantitative estimate of drug-likeness (QED) is 0.819. The smallest absolute Gasteiger partial charge is 0.252 e. The minimum absolute atomic E-state index is 0.162. The van der Waals surface area contributed by atoms with Gasteiger partial charge in [0, 0.05) is 11.6 Å². The Kier molecular flexibility index (Phi) is 4.47. The minimum Gasteiger partial charge on any atom is -0.364 e. The van der Waals surface area contributed by atoms with Crippen LogP contribution in [0.3, 0.4) is 0 Å². The lowest BCUT2D eigenvalue weighted by molar-refractivity contribution is 0.0949. The highest BCUT2D eigenvalue weighted by Crippen LogP contribution is 2.10. The molecule has 102 valence electrons. The Bertz CT molecular complexity index is 657. The monoisotopic (exact) mass is 273 g/mol. The summed E-state index contributed by atoms with van der Waals surface area (Å²) in [5, 5.41) is 6.28. The molecule has 5 nitrogen and oxygen atoms in total. The van der Waals surface area contributed by atoms with Gasteiger partial charge in [-0.3, -0.25) is 4.79 Å². The van der Waals surface area contributed by atoms with Crippen molar-refractivity contribution in [2.75, 3.05) is 6.54 Å². The summed E-state index contributed by atoms with van der Waals surface area (Å²) < 4.78 is 17.9. The Morgan fingerprint density at radius 3 is 3.00 bits per heavy atom. The molecule has 0 fully saturated rings. The third-order valence-corrected chi connectivity index (χ3v) is 2.47. The van der Waals surface area contributed by atoms with Gasteiger partial charge in [0.15, 0.2) is 0 Å². The summed E-state index contributed by atoms with van der Waals surface area (Å²) in [6, 6.07) is 5.46. The van der Waals surface area contributed by atoms with E-state index in [0.29, 0.717) is 11.3 Å². The number of nitrogens with zero attached hydrogens (tertiary/aromatic N) is 1. The average molecular weight is 273 g/mol. The minimum atomic E-state index is -0.505. The molecule has 0 atom stereocenters. The lowest BCUT2D eigenvalue weighted by Gasteiger charge is -2.05. The number of carbonyl (C=O) groups is 1. The van der Waals surface area contributed by atoms with E-state index in [-0.39, 0.29) is 18.7 Å². The SMILES string of the molecule is NCC#Cc1ccc(F)cc1C(=O)NCc1ccon1. The van der Waals surface area contributed by atoms with Crippen LogP contribution < -0.4 is 11.1 Å². The maximum absolute atomic E-state index is 13.3. The molecule has 0 saturated heterocycles. The van der Waals surface area contributed by atoms with Gasteiger partial charge in [-0.05, 0) is 18.2 Å². The van der Waals surface area contributed by atoms with E-state index in [2.05, 4.69) is 26.8 Å². The van der Waals surface area contributed by atoms with Crippen molar-refractivity contribution in [1.82, 2.24) is 10.5 Å². The molecule has 0 spiro atoms. The van der Waals surface area contributed by atoms with Crippen LogP contribution in [0.5, 0.6) is 0 Å². The van der Waals surface area contributed by atoms with Crippen LogP contribution in [0.25, 0.3) is 0 Å². The summed E-state index contributed by atoms with van der Waals surface area (Å²) in [6.45, 7) is 0.354. The fourth-order valence-electron chi connectivity index (χ4n) is 1.55. The van der Waals surface area contributed by atoms with Crippen molar-refractivity contribution >= 4 is 5.91 Å². The number of aromatic nitrogens is 1. The molecule has 2 rings (SSSR count). The second-order valence-corrected chi connectivity index (χ2v) is 3.87. The predicted molar refractivity (Wildman–Crippen MR) is 70.0 cm³/mol. The fraction of sp³-hybridized carbons (Fsp3) is 0.143. The van der Waals surface area contributed by atoms with Crippen molar-refractivity contribution < 1.29 is 13.7 Å². The van der Waals surface area contributed by atoms with Crippen LogP contribution in [0.2, 0.25) is 0 Å². The Morgan fingerprint density at radius 1 is 1.45 bits per heavy atom. The van der Waals surface area contributed by atoms with Gasteiger partial charge in [0.05, 0.1) is 18.7 Å². The number of hydrogen-bond donors (Lipinski definition) is 2. The third kappa shape index (κ3) is 3.43. The Morgan fingerprint density at radius 2 is 2.30 bits per heavy atom. The van der Waals surface area contributed by atoms with Gasteiger partial charge >= 0.3 is 0 Å². The zero-order chi connectivity index (χ0) is 14.4. The first-order valence-electron chi connectivity index (χ1n) is 5.86. The van der Waals surface area contributed by atoms with Crippen molar-refractivity contribution in [3.05, 3.63) is 53.2 Å². The highest BCUT2D eigenvalue weighted by atomic mass is 19.1. The van der Waals surface area contributed by atoms with E-state index < -0.39 is 11.7 Å². The number of rotatable bonds is 3. The highest BCUT2D eigenvalue weighted by molar-refractivity contribution is 5.96. The fourth-order valence-corrected chi connectivity index (χ4v) is 1.55. The van der Waals surface area contributed by atoms with Gasteiger partial charge in [0.1, 0.15) is 17.8 Å². The van der Waals surface area contributed by atoms with Gasteiger partial charge in [-0.1, -0.05) is 17.0 Å². The van der Waals surface area contributed by atoms with E-state index in [1.54, 1.807) is 6.07 Å². The number of nitrogens with one attached hydrogen (secondary N) is 1. The molecular weight excluding hydrogens is 261 g/mol. The molecule has 1 aromatic heterocycles. The molecule has 0 aliphatic rings. The normalized spacial score (nSPS) is 9.70. The molecule has 0 bridgehead atoms. The molecule has 0 saturated carbocycles. The Labute approximate surface area is 114 Å². The second-order valence-electron chi connectivity index (χ2n) is 3.87. The number of hydrogen-bond acceptors (Lipinski definition) is 4. The van der Waals surface area contributed by atoms with Gasteiger partial charge < -0.3 is 15.6 Å². The molecule has 20 heavy (non-hydrogen) atoms. The van der Waals surface area contributed by atoms with Gasteiger partial charge in [-0.15, -0.1) is 0 Å². The summed E-state index contributed by atoms with van der Waals surface area (Å²) in [5.74, 6) is 4.43. The lowest BCUT2D eigenvalue weighted by Crippen LogP contribution is -2.24. The number of carbonyl (C=O) groups excluding carboxylic acids is 1. The van der Waals surface area contributed by atoms with Crippen LogP contribution in [0, 0.1) is 17.7 Å². The molecule has 0 aliphatic carbocycles. The van der Waals surface area contributed by atoms with Crippen molar-refractivity contribution in [3.8, 4) is 11.8 Å². The second kappa shape index (κ2) is 6.50. The molecule has 1 amide bonds. The molecule has 1 heterocycles. The van der Waals surface area contributed by atoms with E-state index in [9.17, 15) is 9.18 Å². The topological polar surface area (TPSA) is 81.2 Å². The maximum Gasteiger partial charge on any atom is 0.252 e. The van der Waals surface area contributed by atoms with E-state index in [4.69, 9.17) is 5.73 Å². The van der Waals surface area contributed by atoms with E-state index in [1.165, 1.54) is 18.4 Å². The zero-order valence-corrected chi connectivity index (χ0v) is 10.5. The Hall–Kier alpha value is -2.65. The standard InChI is InChI=1S/C14H12FN3O2/c15-11-4-3-10(2-1-6-16)13(8-11)14(19)17-9-12-5-7-20-18-12/h3-5,7-8H,6,9,16H2,(H,17,19). The molecule has 1 aromatic carbocycles. The number of nitrogens with two attached hydrogens (primary N) is 1. The van der Waals surface area contributed by atoms with Crippen molar-refractivity contribution in [2.45, 2.75) is 6.54 Å². The van der Waals surface area contributed by atoms with Crippen molar-refractivity contribution in [3.63, 3.8) is 0 Å². The molecule has 6 heteroatoms. The third-order valence-electron chi connectivity index (χ3n) is 2.47.